The van der Waals surface area contributed by atoms with E-state index in [2.05, 4.69) is 5.32 Å². The minimum absolute atomic E-state index is 0.0175. The molecular formula is C14H20N4O3. The number of hydrogen-bond acceptors (Lipinski definition) is 5. The summed E-state index contributed by atoms with van der Waals surface area (Å²) in [5, 5.41) is 2.69. The number of nitrogens with zero attached hydrogens (tertiary/aromatic N) is 1. The quantitative estimate of drug-likeness (QED) is 0.667. The molecule has 1 aromatic carbocycles. The summed E-state index contributed by atoms with van der Waals surface area (Å²) in [7, 11) is 0. The molecule has 0 unspecified atom stereocenters. The maximum Gasteiger partial charge on any atom is 0.253 e. The van der Waals surface area contributed by atoms with Crippen molar-refractivity contribution in [3.63, 3.8) is 0 Å². The van der Waals surface area contributed by atoms with Crippen LogP contribution in [0.3, 0.4) is 0 Å². The third-order valence-electron chi connectivity index (χ3n) is 3.31. The Hall–Kier alpha value is -2.28. The van der Waals surface area contributed by atoms with Crippen LogP contribution in [-0.4, -0.2) is 49.6 Å². The zero-order chi connectivity index (χ0) is 15.2. The first-order valence-corrected chi connectivity index (χ1v) is 6.86. The number of carbonyl (C=O) groups is 2. The highest BCUT2D eigenvalue weighted by Gasteiger charge is 2.17. The average molecular weight is 292 g/mol. The van der Waals surface area contributed by atoms with Gasteiger partial charge >= 0.3 is 0 Å². The molecule has 1 aromatic rings. The number of hydrogen-bond donors (Lipinski definition) is 3. The number of ether oxygens (including phenoxy) is 1. The fourth-order valence-corrected chi connectivity index (χ4v) is 2.14. The van der Waals surface area contributed by atoms with Gasteiger partial charge in [-0.05, 0) is 18.2 Å². The van der Waals surface area contributed by atoms with Crippen molar-refractivity contribution in [2.75, 3.05) is 44.3 Å². The van der Waals surface area contributed by atoms with E-state index in [1.807, 2.05) is 0 Å². The van der Waals surface area contributed by atoms with Crippen molar-refractivity contribution in [3.8, 4) is 0 Å². The molecule has 1 aliphatic rings. The zero-order valence-electron chi connectivity index (χ0n) is 11.8. The summed E-state index contributed by atoms with van der Waals surface area (Å²) in [6.07, 6.45) is 0.265. The van der Waals surface area contributed by atoms with Gasteiger partial charge in [-0.25, -0.2) is 0 Å². The SMILES string of the molecule is Nc1ccc(C(=O)NCCC(=O)N2CCOCC2)c(N)c1. The van der Waals surface area contributed by atoms with Crippen molar-refractivity contribution >= 4 is 23.2 Å². The highest BCUT2D eigenvalue weighted by atomic mass is 16.5. The Kier molecular flexibility index (Phi) is 4.99. The van der Waals surface area contributed by atoms with Gasteiger partial charge in [-0.1, -0.05) is 0 Å². The molecule has 1 aliphatic heterocycles. The number of nitrogens with two attached hydrogens (primary N) is 2. The van der Waals surface area contributed by atoms with Crippen LogP contribution < -0.4 is 16.8 Å². The summed E-state index contributed by atoms with van der Waals surface area (Å²) in [5.74, 6) is -0.286. The first-order chi connectivity index (χ1) is 10.1. The van der Waals surface area contributed by atoms with E-state index >= 15 is 0 Å². The van der Waals surface area contributed by atoms with Gasteiger partial charge in [0.25, 0.3) is 5.91 Å². The van der Waals surface area contributed by atoms with Gasteiger partial charge in [0, 0.05) is 37.4 Å². The lowest BCUT2D eigenvalue weighted by molar-refractivity contribution is -0.135. The molecule has 21 heavy (non-hydrogen) atoms. The summed E-state index contributed by atoms with van der Waals surface area (Å²) in [6.45, 7) is 2.63. The number of rotatable bonds is 4. The number of amides is 2. The molecular weight excluding hydrogens is 272 g/mol. The predicted octanol–water partition coefficient (Wildman–Crippen LogP) is -0.170. The van der Waals surface area contributed by atoms with E-state index in [1.54, 1.807) is 17.0 Å². The van der Waals surface area contributed by atoms with Crippen LogP contribution in [0.1, 0.15) is 16.8 Å². The molecule has 0 radical (unpaired) electrons. The van der Waals surface area contributed by atoms with Gasteiger partial charge in [0.1, 0.15) is 0 Å². The molecule has 7 heteroatoms. The molecule has 5 N–H and O–H groups in total. The first-order valence-electron chi connectivity index (χ1n) is 6.86. The minimum atomic E-state index is -0.303. The first kappa shape index (κ1) is 15.1. The summed E-state index contributed by atoms with van der Waals surface area (Å²) < 4.78 is 5.19. The van der Waals surface area contributed by atoms with Crippen LogP contribution in [0, 0.1) is 0 Å². The molecule has 1 fully saturated rings. The molecule has 114 valence electrons. The highest BCUT2D eigenvalue weighted by Crippen LogP contribution is 2.15. The van der Waals surface area contributed by atoms with Gasteiger partial charge in [0.05, 0.1) is 18.8 Å². The number of anilines is 2. The van der Waals surface area contributed by atoms with E-state index in [0.29, 0.717) is 43.2 Å². The largest absolute Gasteiger partial charge is 0.399 e. The summed E-state index contributed by atoms with van der Waals surface area (Å²) >= 11 is 0. The Morgan fingerprint density at radius 1 is 1.24 bits per heavy atom. The van der Waals surface area contributed by atoms with E-state index in [1.165, 1.54) is 6.07 Å². The van der Waals surface area contributed by atoms with Crippen LogP contribution in [0.4, 0.5) is 11.4 Å². The van der Waals surface area contributed by atoms with Crippen molar-refractivity contribution in [2.45, 2.75) is 6.42 Å². The Labute approximate surface area is 123 Å². The van der Waals surface area contributed by atoms with E-state index in [4.69, 9.17) is 16.2 Å². The second kappa shape index (κ2) is 6.94. The molecule has 2 amide bonds. The fraction of sp³-hybridized carbons (Fsp3) is 0.429. The lowest BCUT2D eigenvalue weighted by Crippen LogP contribution is -2.42. The molecule has 2 rings (SSSR count). The van der Waals surface area contributed by atoms with Gasteiger partial charge in [-0.15, -0.1) is 0 Å². The average Bonchev–Trinajstić information content (AvgIpc) is 2.47. The van der Waals surface area contributed by atoms with Crippen molar-refractivity contribution in [1.29, 1.82) is 0 Å². The Bertz CT molecular complexity index is 527. The highest BCUT2D eigenvalue weighted by molar-refractivity contribution is 5.99. The van der Waals surface area contributed by atoms with E-state index in [9.17, 15) is 9.59 Å². The maximum atomic E-state index is 12.0. The van der Waals surface area contributed by atoms with E-state index in [-0.39, 0.29) is 24.8 Å². The lowest BCUT2D eigenvalue weighted by atomic mass is 10.1. The Balaban J connectivity index is 1.79. The Morgan fingerprint density at radius 2 is 1.95 bits per heavy atom. The van der Waals surface area contributed by atoms with Gasteiger partial charge < -0.3 is 26.4 Å². The number of benzene rings is 1. The second-order valence-electron chi connectivity index (χ2n) is 4.85. The molecule has 0 saturated carbocycles. The standard InChI is InChI=1S/C14H20N4O3/c15-10-1-2-11(12(16)9-10)14(20)17-4-3-13(19)18-5-7-21-8-6-18/h1-2,9H,3-8,15-16H2,(H,17,20). The molecule has 0 bridgehead atoms. The van der Waals surface area contributed by atoms with Crippen LogP contribution in [-0.2, 0) is 9.53 Å². The third kappa shape index (κ3) is 4.09. The van der Waals surface area contributed by atoms with Gasteiger partial charge in [0.2, 0.25) is 5.91 Å². The lowest BCUT2D eigenvalue weighted by Gasteiger charge is -2.26. The van der Waals surface area contributed by atoms with Gasteiger partial charge in [-0.3, -0.25) is 9.59 Å². The van der Waals surface area contributed by atoms with Crippen LogP contribution in [0.15, 0.2) is 18.2 Å². The van der Waals surface area contributed by atoms with E-state index in [0.717, 1.165) is 0 Å². The molecule has 7 nitrogen and oxygen atoms in total. The molecule has 0 aliphatic carbocycles. The van der Waals surface area contributed by atoms with Crippen molar-refractivity contribution < 1.29 is 14.3 Å². The van der Waals surface area contributed by atoms with Crippen molar-refractivity contribution in [2.24, 2.45) is 0 Å². The summed E-state index contributed by atoms with van der Waals surface area (Å²) in [6, 6.07) is 4.72. The predicted molar refractivity (Wildman–Crippen MR) is 79.6 cm³/mol. The minimum Gasteiger partial charge on any atom is -0.399 e. The van der Waals surface area contributed by atoms with Crippen LogP contribution in [0.2, 0.25) is 0 Å². The number of morpholine rings is 1. The van der Waals surface area contributed by atoms with Crippen LogP contribution in [0.25, 0.3) is 0 Å². The number of nitrogen functional groups attached to an aromatic ring is 2. The van der Waals surface area contributed by atoms with Gasteiger partial charge in [-0.2, -0.15) is 0 Å². The van der Waals surface area contributed by atoms with Crippen LogP contribution in [0.5, 0.6) is 0 Å². The molecule has 1 heterocycles. The summed E-state index contributed by atoms with van der Waals surface area (Å²) in [4.78, 5) is 25.6. The smallest absolute Gasteiger partial charge is 0.253 e. The summed E-state index contributed by atoms with van der Waals surface area (Å²) in [5.41, 5.74) is 12.5. The van der Waals surface area contributed by atoms with Gasteiger partial charge in [0.15, 0.2) is 0 Å². The zero-order valence-corrected chi connectivity index (χ0v) is 11.8. The fourth-order valence-electron chi connectivity index (χ4n) is 2.14. The Morgan fingerprint density at radius 3 is 2.62 bits per heavy atom. The second-order valence-corrected chi connectivity index (χ2v) is 4.85. The molecule has 0 aromatic heterocycles. The molecule has 0 spiro atoms. The van der Waals surface area contributed by atoms with Crippen LogP contribution >= 0.6 is 0 Å². The normalized spacial score (nSPS) is 14.8. The van der Waals surface area contributed by atoms with E-state index < -0.39 is 0 Å². The number of carbonyl (C=O) groups excluding carboxylic acids is 2. The topological polar surface area (TPSA) is 111 Å². The third-order valence-corrected chi connectivity index (χ3v) is 3.31. The maximum absolute atomic E-state index is 12.0. The molecule has 0 atom stereocenters. The van der Waals surface area contributed by atoms with Crippen molar-refractivity contribution in [3.05, 3.63) is 23.8 Å². The monoisotopic (exact) mass is 292 g/mol. The van der Waals surface area contributed by atoms with Crippen molar-refractivity contribution in [1.82, 2.24) is 10.2 Å². The number of nitrogens with one attached hydrogen (secondary N) is 1. The molecule has 1 saturated heterocycles.